The fraction of sp³-hybridized carbons (Fsp3) is 0.474. The Morgan fingerprint density at radius 2 is 2.16 bits per heavy atom. The fourth-order valence-electron chi connectivity index (χ4n) is 3.16. The summed E-state index contributed by atoms with van der Waals surface area (Å²) < 4.78 is 0. The Morgan fingerprint density at radius 3 is 2.88 bits per heavy atom. The molecule has 6 heteroatoms. The Kier molecular flexibility index (Phi) is 6.39. The van der Waals surface area contributed by atoms with Gasteiger partial charge < -0.3 is 15.6 Å². The molecule has 134 valence electrons. The van der Waals surface area contributed by atoms with Gasteiger partial charge in [-0.25, -0.2) is 9.98 Å². The van der Waals surface area contributed by atoms with E-state index in [-0.39, 0.29) is 0 Å². The molecule has 1 heterocycles. The maximum absolute atomic E-state index is 4.70. The molecule has 1 fully saturated rings. The topological polar surface area (TPSA) is 65.1 Å². The second-order valence-electron chi connectivity index (χ2n) is 6.32. The van der Waals surface area contributed by atoms with Gasteiger partial charge in [-0.05, 0) is 38.0 Å². The van der Waals surface area contributed by atoms with Gasteiger partial charge in [0.2, 0.25) is 0 Å². The molecule has 5 nitrogen and oxygen atoms in total. The third-order valence-electron chi connectivity index (χ3n) is 4.50. The van der Waals surface area contributed by atoms with Crippen molar-refractivity contribution in [2.75, 3.05) is 12.8 Å². The number of thioether (sulfide) groups is 1. The number of H-pyrrole nitrogens is 1. The molecule has 3 N–H and O–H groups in total. The van der Waals surface area contributed by atoms with E-state index in [9.17, 15) is 0 Å². The van der Waals surface area contributed by atoms with Crippen molar-refractivity contribution >= 4 is 17.7 Å². The minimum atomic E-state index is 0.520. The van der Waals surface area contributed by atoms with Crippen molar-refractivity contribution in [3.05, 3.63) is 42.4 Å². The van der Waals surface area contributed by atoms with Crippen LogP contribution in [0, 0.1) is 0 Å². The number of nitrogens with one attached hydrogen (secondary N) is 3. The summed E-state index contributed by atoms with van der Waals surface area (Å²) >= 11 is 1.97. The summed E-state index contributed by atoms with van der Waals surface area (Å²) in [7, 11) is 0. The van der Waals surface area contributed by atoms with E-state index < -0.39 is 0 Å². The molecular formula is C19H27N5S. The third kappa shape index (κ3) is 5.01. The molecule has 3 rings (SSSR count). The van der Waals surface area contributed by atoms with E-state index in [2.05, 4.69) is 45.9 Å². The van der Waals surface area contributed by atoms with E-state index in [1.54, 1.807) is 0 Å². The van der Waals surface area contributed by atoms with Gasteiger partial charge in [-0.15, -0.1) is 0 Å². The molecule has 25 heavy (non-hydrogen) atoms. The van der Waals surface area contributed by atoms with Crippen molar-refractivity contribution in [3.63, 3.8) is 0 Å². The highest BCUT2D eigenvalue weighted by molar-refractivity contribution is 7.99. The minimum absolute atomic E-state index is 0.520. The van der Waals surface area contributed by atoms with Crippen LogP contribution in [0.25, 0.3) is 11.3 Å². The summed E-state index contributed by atoms with van der Waals surface area (Å²) in [5.41, 5.74) is 2.17. The molecule has 1 aromatic carbocycles. The molecule has 2 aromatic rings. The van der Waals surface area contributed by atoms with Crippen molar-refractivity contribution in [2.24, 2.45) is 4.99 Å². The van der Waals surface area contributed by atoms with Crippen molar-refractivity contribution < 1.29 is 0 Å². The third-order valence-corrected chi connectivity index (χ3v) is 5.60. The van der Waals surface area contributed by atoms with Gasteiger partial charge in [0.15, 0.2) is 5.96 Å². The monoisotopic (exact) mass is 357 g/mol. The number of hydrogen-bond acceptors (Lipinski definition) is 3. The normalized spacial score (nSPS) is 20.6. The summed E-state index contributed by atoms with van der Waals surface area (Å²) in [4.78, 5) is 12.5. The maximum atomic E-state index is 4.70. The van der Waals surface area contributed by atoms with E-state index in [1.807, 2.05) is 36.2 Å². The van der Waals surface area contributed by atoms with Gasteiger partial charge in [0.05, 0.1) is 11.9 Å². The van der Waals surface area contributed by atoms with E-state index in [0.717, 1.165) is 34.8 Å². The average molecular weight is 358 g/mol. The summed E-state index contributed by atoms with van der Waals surface area (Å²) in [5.74, 6) is 1.76. The van der Waals surface area contributed by atoms with E-state index >= 15 is 0 Å². The van der Waals surface area contributed by atoms with Gasteiger partial charge in [0.1, 0.15) is 12.4 Å². The fourth-order valence-corrected chi connectivity index (χ4v) is 3.96. The zero-order valence-corrected chi connectivity index (χ0v) is 15.8. The van der Waals surface area contributed by atoms with E-state index in [1.165, 1.54) is 19.3 Å². The zero-order valence-electron chi connectivity index (χ0n) is 15.0. The average Bonchev–Trinajstić information content (AvgIpc) is 3.30. The first kappa shape index (κ1) is 17.9. The highest BCUT2D eigenvalue weighted by Gasteiger charge is 2.24. The Labute approximate surface area is 154 Å². The Balaban J connectivity index is 1.61. The van der Waals surface area contributed by atoms with E-state index in [4.69, 9.17) is 4.99 Å². The number of benzene rings is 1. The van der Waals surface area contributed by atoms with Crippen LogP contribution in [0.4, 0.5) is 0 Å². The maximum Gasteiger partial charge on any atom is 0.191 e. The number of aliphatic imine (C=N–C) groups is 1. The molecule has 1 aliphatic rings. The predicted molar refractivity (Wildman–Crippen MR) is 107 cm³/mol. The number of imidazole rings is 1. The lowest BCUT2D eigenvalue weighted by atomic mass is 10.2. The molecule has 0 saturated heterocycles. The summed E-state index contributed by atoms with van der Waals surface area (Å²) in [5, 5.41) is 7.69. The zero-order chi connectivity index (χ0) is 17.5. The van der Waals surface area contributed by atoms with Gasteiger partial charge in [-0.1, -0.05) is 30.3 Å². The SMILES string of the molecule is CCNC(=NCc1ncc(-c2ccccc2)[nH]1)NC1CCC(SC)C1. The second kappa shape index (κ2) is 8.94. The highest BCUT2D eigenvalue weighted by Crippen LogP contribution is 2.28. The van der Waals surface area contributed by atoms with Crippen molar-refractivity contribution in [1.82, 2.24) is 20.6 Å². The van der Waals surface area contributed by atoms with Crippen LogP contribution in [-0.4, -0.2) is 40.0 Å². The number of hydrogen-bond donors (Lipinski definition) is 3. The Bertz CT molecular complexity index is 682. The number of nitrogens with zero attached hydrogens (tertiary/aromatic N) is 2. The lowest BCUT2D eigenvalue weighted by Gasteiger charge is -2.17. The molecule has 0 spiro atoms. The number of aromatic nitrogens is 2. The van der Waals surface area contributed by atoms with Gasteiger partial charge in [0.25, 0.3) is 0 Å². The van der Waals surface area contributed by atoms with Gasteiger partial charge in [-0.2, -0.15) is 11.8 Å². The first-order valence-corrected chi connectivity index (χ1v) is 10.2. The molecule has 0 aliphatic heterocycles. The van der Waals surface area contributed by atoms with Crippen LogP contribution in [-0.2, 0) is 6.54 Å². The Morgan fingerprint density at radius 1 is 1.32 bits per heavy atom. The van der Waals surface area contributed by atoms with E-state index in [0.29, 0.717) is 12.6 Å². The largest absolute Gasteiger partial charge is 0.357 e. The van der Waals surface area contributed by atoms with Gasteiger partial charge in [0, 0.05) is 17.8 Å². The molecule has 1 aliphatic carbocycles. The van der Waals surface area contributed by atoms with Crippen LogP contribution < -0.4 is 10.6 Å². The first-order chi connectivity index (χ1) is 12.3. The standard InChI is InChI=1S/C19H27N5S/c1-3-20-19(23-15-9-10-16(11-15)25-2)22-13-18-21-12-17(24-18)14-7-5-4-6-8-14/h4-8,12,15-16H,3,9-11,13H2,1-2H3,(H,21,24)(H2,20,22,23). The molecule has 2 atom stereocenters. The second-order valence-corrected chi connectivity index (χ2v) is 7.45. The highest BCUT2D eigenvalue weighted by atomic mass is 32.2. The summed E-state index contributed by atoms with van der Waals surface area (Å²) in [6.07, 6.45) is 7.80. The molecule has 1 aromatic heterocycles. The van der Waals surface area contributed by atoms with Gasteiger partial charge >= 0.3 is 0 Å². The van der Waals surface area contributed by atoms with Crippen LogP contribution in [0.5, 0.6) is 0 Å². The number of rotatable bonds is 6. The lowest BCUT2D eigenvalue weighted by molar-refractivity contribution is 0.614. The molecule has 2 unspecified atom stereocenters. The summed E-state index contributed by atoms with van der Waals surface area (Å²) in [6, 6.07) is 10.8. The van der Waals surface area contributed by atoms with Crippen LogP contribution >= 0.6 is 11.8 Å². The number of guanidine groups is 1. The Hall–Kier alpha value is -1.95. The van der Waals surface area contributed by atoms with Crippen molar-refractivity contribution in [2.45, 2.75) is 44.0 Å². The number of aromatic amines is 1. The van der Waals surface area contributed by atoms with Crippen molar-refractivity contribution in [3.8, 4) is 11.3 Å². The quantitative estimate of drug-likeness (QED) is 0.547. The molecule has 0 radical (unpaired) electrons. The van der Waals surface area contributed by atoms with Crippen LogP contribution in [0.1, 0.15) is 32.0 Å². The predicted octanol–water partition coefficient (Wildman–Crippen LogP) is 3.42. The smallest absolute Gasteiger partial charge is 0.191 e. The minimum Gasteiger partial charge on any atom is -0.357 e. The van der Waals surface area contributed by atoms with Crippen LogP contribution in [0.3, 0.4) is 0 Å². The molecular weight excluding hydrogens is 330 g/mol. The van der Waals surface area contributed by atoms with Gasteiger partial charge in [-0.3, -0.25) is 0 Å². The molecule has 1 saturated carbocycles. The molecule has 0 amide bonds. The first-order valence-electron chi connectivity index (χ1n) is 8.95. The summed E-state index contributed by atoms with van der Waals surface area (Å²) in [6.45, 7) is 3.50. The van der Waals surface area contributed by atoms with Crippen molar-refractivity contribution in [1.29, 1.82) is 0 Å². The van der Waals surface area contributed by atoms with Crippen LogP contribution in [0.15, 0.2) is 41.5 Å². The molecule has 0 bridgehead atoms. The van der Waals surface area contributed by atoms with Crippen LogP contribution in [0.2, 0.25) is 0 Å². The lowest BCUT2D eigenvalue weighted by Crippen LogP contribution is -2.42.